The summed E-state index contributed by atoms with van der Waals surface area (Å²) < 4.78 is 11.0. The summed E-state index contributed by atoms with van der Waals surface area (Å²) in [5, 5.41) is 0.870. The molecule has 0 atom stereocenters. The van der Waals surface area contributed by atoms with E-state index in [4.69, 9.17) is 32.5 Å². The molecule has 1 amide bonds. The van der Waals surface area contributed by atoms with Crippen LogP contribution in [0.4, 0.5) is 5.69 Å². The SMILES string of the molecule is Cc1c(Cl)c(OCCc2ccncc2)nc2sc(C(=O)OC3(C(N)=O)C=C3)c(N)c12. The van der Waals surface area contributed by atoms with E-state index in [9.17, 15) is 9.59 Å². The molecule has 4 rings (SSSR count). The lowest BCUT2D eigenvalue weighted by Gasteiger charge is -2.12. The molecule has 0 saturated carbocycles. The molecule has 0 aliphatic heterocycles. The van der Waals surface area contributed by atoms with Gasteiger partial charge in [0, 0.05) is 24.2 Å². The van der Waals surface area contributed by atoms with E-state index in [1.807, 2.05) is 12.1 Å². The summed E-state index contributed by atoms with van der Waals surface area (Å²) in [4.78, 5) is 33.1. The number of nitrogens with two attached hydrogens (primary N) is 2. The summed E-state index contributed by atoms with van der Waals surface area (Å²) in [7, 11) is 0. The van der Waals surface area contributed by atoms with E-state index >= 15 is 0 Å². The first-order valence-corrected chi connectivity index (χ1v) is 10.2. The molecule has 0 bridgehead atoms. The van der Waals surface area contributed by atoms with Crippen molar-refractivity contribution in [3.8, 4) is 5.88 Å². The molecule has 0 unspecified atom stereocenters. The number of primary amides is 1. The number of aromatic nitrogens is 2. The Balaban J connectivity index is 1.58. The van der Waals surface area contributed by atoms with Gasteiger partial charge in [-0.25, -0.2) is 9.78 Å². The van der Waals surface area contributed by atoms with Crippen LogP contribution in [0.25, 0.3) is 10.2 Å². The van der Waals surface area contributed by atoms with E-state index in [-0.39, 0.29) is 16.4 Å². The number of anilines is 1. The molecular formula is C20H17ClN4O4S. The molecule has 3 aromatic rings. The first kappa shape index (κ1) is 20.1. The summed E-state index contributed by atoms with van der Waals surface area (Å²) in [5.74, 6) is -1.26. The Morgan fingerprint density at radius 3 is 2.60 bits per heavy atom. The number of carbonyl (C=O) groups is 2. The van der Waals surface area contributed by atoms with Gasteiger partial charge >= 0.3 is 5.97 Å². The van der Waals surface area contributed by atoms with Gasteiger partial charge in [0.05, 0.1) is 12.3 Å². The highest BCUT2D eigenvalue weighted by atomic mass is 35.5. The predicted molar refractivity (Wildman–Crippen MR) is 114 cm³/mol. The van der Waals surface area contributed by atoms with Gasteiger partial charge in [0.1, 0.15) is 14.7 Å². The molecule has 3 aromatic heterocycles. The summed E-state index contributed by atoms with van der Waals surface area (Å²) >= 11 is 7.48. The van der Waals surface area contributed by atoms with E-state index in [0.29, 0.717) is 33.8 Å². The van der Waals surface area contributed by atoms with Crippen molar-refractivity contribution in [2.75, 3.05) is 12.3 Å². The number of esters is 1. The van der Waals surface area contributed by atoms with Crippen molar-refractivity contribution in [2.24, 2.45) is 5.73 Å². The van der Waals surface area contributed by atoms with Gasteiger partial charge in [-0.2, -0.15) is 0 Å². The van der Waals surface area contributed by atoms with Crippen LogP contribution < -0.4 is 16.2 Å². The Morgan fingerprint density at radius 2 is 1.97 bits per heavy atom. The monoisotopic (exact) mass is 444 g/mol. The van der Waals surface area contributed by atoms with E-state index in [2.05, 4.69) is 9.97 Å². The molecule has 8 nitrogen and oxygen atoms in total. The van der Waals surface area contributed by atoms with Crippen LogP contribution in [0.2, 0.25) is 5.02 Å². The zero-order valence-corrected chi connectivity index (χ0v) is 17.4. The fourth-order valence-electron chi connectivity index (χ4n) is 2.90. The van der Waals surface area contributed by atoms with Crippen LogP contribution in [0.5, 0.6) is 5.88 Å². The molecule has 1 aliphatic carbocycles. The van der Waals surface area contributed by atoms with Gasteiger partial charge < -0.3 is 20.9 Å². The van der Waals surface area contributed by atoms with Crippen LogP contribution >= 0.6 is 22.9 Å². The molecule has 0 spiro atoms. The Morgan fingerprint density at radius 1 is 1.27 bits per heavy atom. The molecule has 0 fully saturated rings. The summed E-state index contributed by atoms with van der Waals surface area (Å²) in [6, 6.07) is 3.80. The van der Waals surface area contributed by atoms with Crippen LogP contribution in [-0.2, 0) is 16.0 Å². The third-order valence-corrected chi connectivity index (χ3v) is 6.23. The van der Waals surface area contributed by atoms with Gasteiger partial charge in [-0.3, -0.25) is 9.78 Å². The molecule has 4 N–H and O–H groups in total. The fourth-order valence-corrected chi connectivity index (χ4v) is 4.12. The van der Waals surface area contributed by atoms with E-state index < -0.39 is 17.5 Å². The second-order valence-corrected chi connectivity index (χ2v) is 8.09. The third-order valence-electron chi connectivity index (χ3n) is 4.70. The van der Waals surface area contributed by atoms with Gasteiger partial charge in [-0.1, -0.05) is 11.6 Å². The van der Waals surface area contributed by atoms with Crippen LogP contribution in [0.15, 0.2) is 36.7 Å². The summed E-state index contributed by atoms with van der Waals surface area (Å²) in [6.07, 6.45) is 6.90. The number of nitrogen functional groups attached to an aromatic ring is 1. The number of ether oxygens (including phenoxy) is 2. The van der Waals surface area contributed by atoms with Gasteiger partial charge in [-0.05, 0) is 42.3 Å². The molecule has 1 aliphatic rings. The van der Waals surface area contributed by atoms with Crippen LogP contribution in [0, 0.1) is 6.92 Å². The number of rotatable bonds is 7. The van der Waals surface area contributed by atoms with Crippen molar-refractivity contribution < 1.29 is 19.1 Å². The first-order valence-electron chi connectivity index (χ1n) is 8.96. The van der Waals surface area contributed by atoms with Crippen molar-refractivity contribution in [2.45, 2.75) is 18.9 Å². The van der Waals surface area contributed by atoms with Crippen molar-refractivity contribution in [1.29, 1.82) is 0 Å². The Bertz CT molecular complexity index is 1190. The second-order valence-electron chi connectivity index (χ2n) is 6.72. The first-order chi connectivity index (χ1) is 14.3. The Kier molecular flexibility index (Phi) is 5.08. The molecule has 30 heavy (non-hydrogen) atoms. The molecule has 154 valence electrons. The minimum absolute atomic E-state index is 0.125. The average Bonchev–Trinajstić information content (AvgIpc) is 3.43. The normalized spacial score (nSPS) is 13.9. The van der Waals surface area contributed by atoms with E-state index in [1.54, 1.807) is 19.3 Å². The maximum absolute atomic E-state index is 12.6. The average molecular weight is 445 g/mol. The summed E-state index contributed by atoms with van der Waals surface area (Å²) in [5.41, 5.74) is 11.9. The maximum atomic E-state index is 12.6. The number of pyridine rings is 2. The number of carbonyl (C=O) groups excluding carboxylic acids is 2. The molecular weight excluding hydrogens is 428 g/mol. The highest BCUT2D eigenvalue weighted by molar-refractivity contribution is 7.21. The third kappa shape index (κ3) is 3.57. The van der Waals surface area contributed by atoms with E-state index in [0.717, 1.165) is 16.9 Å². The largest absolute Gasteiger partial charge is 0.476 e. The smallest absolute Gasteiger partial charge is 0.352 e. The predicted octanol–water partition coefficient (Wildman–Crippen LogP) is 2.81. The van der Waals surface area contributed by atoms with Gasteiger partial charge in [-0.15, -0.1) is 11.3 Å². The minimum Gasteiger partial charge on any atom is -0.476 e. The Hall–Kier alpha value is -3.17. The molecule has 0 saturated heterocycles. The van der Waals surface area contributed by atoms with Crippen LogP contribution in [0.1, 0.15) is 20.8 Å². The number of fused-ring (bicyclic) bond motifs is 1. The van der Waals surface area contributed by atoms with E-state index in [1.165, 1.54) is 12.2 Å². The fraction of sp³-hybridized carbons (Fsp3) is 0.200. The zero-order valence-electron chi connectivity index (χ0n) is 15.8. The van der Waals surface area contributed by atoms with Gasteiger partial charge in [0.25, 0.3) is 5.91 Å². The number of nitrogens with zero attached hydrogens (tertiary/aromatic N) is 2. The maximum Gasteiger partial charge on any atom is 0.352 e. The standard InChI is InChI=1S/C20H17ClN4O4S/c1-10-12-14(22)15(18(26)29-20(5-6-20)19(23)27)30-17(12)25-16(13(10)21)28-9-4-11-2-7-24-8-3-11/h2-3,5-8H,4,9,22H2,1H3,(H2,23,27). The highest BCUT2D eigenvalue weighted by Gasteiger charge is 2.45. The van der Waals surface area contributed by atoms with Crippen molar-refractivity contribution >= 4 is 50.7 Å². The lowest BCUT2D eigenvalue weighted by atomic mass is 10.1. The van der Waals surface area contributed by atoms with Crippen LogP contribution in [0.3, 0.4) is 0 Å². The molecule has 0 aromatic carbocycles. The minimum atomic E-state index is -1.47. The number of amides is 1. The topological polar surface area (TPSA) is 130 Å². The lowest BCUT2D eigenvalue weighted by molar-refractivity contribution is -0.127. The number of hydrogen-bond acceptors (Lipinski definition) is 8. The lowest BCUT2D eigenvalue weighted by Crippen LogP contribution is -2.36. The van der Waals surface area contributed by atoms with Gasteiger partial charge in [0.2, 0.25) is 11.5 Å². The van der Waals surface area contributed by atoms with Crippen molar-refractivity contribution in [3.05, 3.63) is 57.7 Å². The van der Waals surface area contributed by atoms with Gasteiger partial charge in [0.15, 0.2) is 0 Å². The number of thiophene rings is 1. The van der Waals surface area contributed by atoms with Crippen molar-refractivity contribution in [1.82, 2.24) is 9.97 Å². The number of halogens is 1. The molecule has 3 heterocycles. The number of hydrogen-bond donors (Lipinski definition) is 2. The molecule has 10 heteroatoms. The zero-order chi connectivity index (χ0) is 21.5. The highest BCUT2D eigenvalue weighted by Crippen LogP contribution is 2.42. The number of aryl methyl sites for hydroxylation is 1. The summed E-state index contributed by atoms with van der Waals surface area (Å²) in [6.45, 7) is 2.14. The Labute approximate surface area is 180 Å². The molecule has 0 radical (unpaired) electrons. The second kappa shape index (κ2) is 7.58. The van der Waals surface area contributed by atoms with Crippen LogP contribution in [-0.4, -0.2) is 34.1 Å². The quantitative estimate of drug-likeness (QED) is 0.423. The van der Waals surface area contributed by atoms with Crippen molar-refractivity contribution in [3.63, 3.8) is 0 Å².